The minimum absolute atomic E-state index is 0.0274. The quantitative estimate of drug-likeness (QED) is 0.854. The van der Waals surface area contributed by atoms with Gasteiger partial charge in [-0.3, -0.25) is 4.79 Å². The fourth-order valence-corrected chi connectivity index (χ4v) is 2.66. The summed E-state index contributed by atoms with van der Waals surface area (Å²) >= 11 is 0. The van der Waals surface area contributed by atoms with Crippen LogP contribution in [0.4, 0.5) is 4.39 Å². The molecule has 1 fully saturated rings. The number of carbonyl (C=O) groups excluding carboxylic acids is 1. The predicted molar refractivity (Wildman–Crippen MR) is 79.6 cm³/mol. The number of amides is 1. The molecule has 1 aliphatic rings. The molecule has 1 aromatic heterocycles. The maximum Gasteiger partial charge on any atom is 0.257 e. The summed E-state index contributed by atoms with van der Waals surface area (Å²) in [6, 6.07) is 6.38. The lowest BCUT2D eigenvalue weighted by Crippen LogP contribution is -2.44. The number of para-hydroxylation sites is 1. The average Bonchev–Trinajstić information content (AvgIpc) is 2.88. The second-order valence-electron chi connectivity index (χ2n) is 5.44. The number of hydrogen-bond acceptors (Lipinski definition) is 3. The fraction of sp³-hybridized carbons (Fsp3) is 0.375. The van der Waals surface area contributed by atoms with Gasteiger partial charge in [-0.1, -0.05) is 12.1 Å². The molecule has 6 heteroatoms. The molecule has 2 aromatic rings. The third-order valence-corrected chi connectivity index (χ3v) is 3.85. The van der Waals surface area contributed by atoms with Crippen LogP contribution in [0.25, 0.3) is 5.69 Å². The summed E-state index contributed by atoms with van der Waals surface area (Å²) in [5.41, 5.74) is 1.47. The van der Waals surface area contributed by atoms with Crippen molar-refractivity contribution in [3.05, 3.63) is 47.5 Å². The molecule has 0 bridgehead atoms. The van der Waals surface area contributed by atoms with E-state index in [1.165, 1.54) is 16.9 Å². The van der Waals surface area contributed by atoms with E-state index >= 15 is 0 Å². The van der Waals surface area contributed by atoms with Gasteiger partial charge in [-0.2, -0.15) is 5.10 Å². The Morgan fingerprint density at radius 1 is 1.41 bits per heavy atom. The Labute approximate surface area is 128 Å². The van der Waals surface area contributed by atoms with Gasteiger partial charge in [0.2, 0.25) is 0 Å². The Hall–Kier alpha value is -2.21. The Bertz CT molecular complexity index is 698. The van der Waals surface area contributed by atoms with Crippen LogP contribution in [-0.2, 0) is 4.74 Å². The smallest absolute Gasteiger partial charge is 0.257 e. The summed E-state index contributed by atoms with van der Waals surface area (Å²) in [4.78, 5) is 14.4. The van der Waals surface area contributed by atoms with Gasteiger partial charge in [0, 0.05) is 13.1 Å². The highest BCUT2D eigenvalue weighted by Gasteiger charge is 2.25. The van der Waals surface area contributed by atoms with E-state index in [-0.39, 0.29) is 17.8 Å². The van der Waals surface area contributed by atoms with Crippen molar-refractivity contribution >= 4 is 5.91 Å². The van der Waals surface area contributed by atoms with E-state index in [0.717, 1.165) is 0 Å². The van der Waals surface area contributed by atoms with Gasteiger partial charge in [0.25, 0.3) is 5.91 Å². The number of nitrogens with zero attached hydrogens (tertiary/aromatic N) is 3. The molecule has 1 atom stereocenters. The van der Waals surface area contributed by atoms with Crippen molar-refractivity contribution in [3.63, 3.8) is 0 Å². The summed E-state index contributed by atoms with van der Waals surface area (Å²) in [5.74, 6) is -0.456. The topological polar surface area (TPSA) is 47.4 Å². The highest BCUT2D eigenvalue weighted by atomic mass is 19.1. The van der Waals surface area contributed by atoms with Gasteiger partial charge < -0.3 is 9.64 Å². The van der Waals surface area contributed by atoms with E-state index in [1.807, 2.05) is 6.92 Å². The van der Waals surface area contributed by atoms with Crippen LogP contribution in [-0.4, -0.2) is 46.4 Å². The molecule has 3 rings (SSSR count). The van der Waals surface area contributed by atoms with Gasteiger partial charge in [0.1, 0.15) is 11.5 Å². The third-order valence-electron chi connectivity index (χ3n) is 3.85. The number of hydrogen-bond donors (Lipinski definition) is 0. The largest absolute Gasteiger partial charge is 0.375 e. The molecular formula is C16H18FN3O2. The van der Waals surface area contributed by atoms with Crippen LogP contribution >= 0.6 is 0 Å². The lowest BCUT2D eigenvalue weighted by atomic mass is 10.2. The van der Waals surface area contributed by atoms with E-state index in [2.05, 4.69) is 5.10 Å². The minimum atomic E-state index is -0.368. The SMILES string of the molecule is Cc1c(C(=O)N2CCO[C@H](C)C2)cnn1-c1ccccc1F. The Morgan fingerprint density at radius 3 is 2.91 bits per heavy atom. The van der Waals surface area contributed by atoms with Crippen molar-refractivity contribution in [2.45, 2.75) is 20.0 Å². The standard InChI is InChI=1S/C16H18FN3O2/c1-11-10-19(7-8-22-11)16(21)13-9-18-20(12(13)2)15-6-4-3-5-14(15)17/h3-6,9,11H,7-8,10H2,1-2H3/t11-/m1/s1. The molecule has 116 valence electrons. The lowest BCUT2D eigenvalue weighted by Gasteiger charge is -2.31. The first-order valence-corrected chi connectivity index (χ1v) is 7.28. The Morgan fingerprint density at radius 2 is 2.18 bits per heavy atom. The van der Waals surface area contributed by atoms with Crippen LogP contribution in [0.1, 0.15) is 23.0 Å². The number of rotatable bonds is 2. The zero-order valence-electron chi connectivity index (χ0n) is 12.6. The molecule has 1 aliphatic heterocycles. The van der Waals surface area contributed by atoms with Crippen LogP contribution in [0, 0.1) is 12.7 Å². The monoisotopic (exact) mass is 303 g/mol. The van der Waals surface area contributed by atoms with Crippen molar-refractivity contribution in [1.29, 1.82) is 0 Å². The Kier molecular flexibility index (Phi) is 3.94. The number of morpholine rings is 1. The zero-order valence-corrected chi connectivity index (χ0v) is 12.6. The van der Waals surface area contributed by atoms with Gasteiger partial charge in [-0.25, -0.2) is 9.07 Å². The van der Waals surface area contributed by atoms with Crippen molar-refractivity contribution < 1.29 is 13.9 Å². The van der Waals surface area contributed by atoms with E-state index < -0.39 is 0 Å². The average molecular weight is 303 g/mol. The molecular weight excluding hydrogens is 285 g/mol. The fourth-order valence-electron chi connectivity index (χ4n) is 2.66. The van der Waals surface area contributed by atoms with Gasteiger partial charge in [0.15, 0.2) is 0 Å². The zero-order chi connectivity index (χ0) is 15.7. The highest BCUT2D eigenvalue weighted by Crippen LogP contribution is 2.19. The Balaban J connectivity index is 1.90. The second-order valence-corrected chi connectivity index (χ2v) is 5.44. The van der Waals surface area contributed by atoms with Gasteiger partial charge in [0.05, 0.1) is 30.2 Å². The number of carbonyl (C=O) groups is 1. The van der Waals surface area contributed by atoms with Crippen LogP contribution < -0.4 is 0 Å². The maximum atomic E-state index is 13.9. The molecule has 0 unspecified atom stereocenters. The molecule has 1 amide bonds. The highest BCUT2D eigenvalue weighted by molar-refractivity contribution is 5.95. The summed E-state index contributed by atoms with van der Waals surface area (Å²) in [6.45, 7) is 5.37. The van der Waals surface area contributed by atoms with Gasteiger partial charge in [-0.05, 0) is 26.0 Å². The summed E-state index contributed by atoms with van der Waals surface area (Å²) in [6.07, 6.45) is 1.53. The second kappa shape index (κ2) is 5.88. The molecule has 1 saturated heterocycles. The molecule has 0 radical (unpaired) electrons. The predicted octanol–water partition coefficient (Wildman–Crippen LogP) is 2.18. The number of aromatic nitrogens is 2. The van der Waals surface area contributed by atoms with E-state index in [9.17, 15) is 9.18 Å². The first kappa shape index (κ1) is 14.7. The molecule has 0 N–H and O–H groups in total. The van der Waals surface area contributed by atoms with Crippen molar-refractivity contribution in [3.8, 4) is 5.69 Å². The molecule has 5 nitrogen and oxygen atoms in total. The van der Waals surface area contributed by atoms with Crippen molar-refractivity contribution in [2.75, 3.05) is 19.7 Å². The van der Waals surface area contributed by atoms with Crippen LogP contribution in [0.2, 0.25) is 0 Å². The van der Waals surface area contributed by atoms with Crippen LogP contribution in [0.3, 0.4) is 0 Å². The maximum absolute atomic E-state index is 13.9. The molecule has 2 heterocycles. The number of ether oxygens (including phenoxy) is 1. The molecule has 0 saturated carbocycles. The summed E-state index contributed by atoms with van der Waals surface area (Å²) in [7, 11) is 0. The first-order valence-electron chi connectivity index (χ1n) is 7.28. The molecule has 0 aliphatic carbocycles. The van der Waals surface area contributed by atoms with Crippen molar-refractivity contribution in [2.24, 2.45) is 0 Å². The molecule has 1 aromatic carbocycles. The van der Waals surface area contributed by atoms with Crippen LogP contribution in [0.5, 0.6) is 0 Å². The number of halogens is 1. The minimum Gasteiger partial charge on any atom is -0.375 e. The van der Waals surface area contributed by atoms with E-state index in [0.29, 0.717) is 36.6 Å². The summed E-state index contributed by atoms with van der Waals surface area (Å²) in [5, 5.41) is 4.18. The lowest BCUT2D eigenvalue weighted by molar-refractivity contribution is -0.0124. The normalized spacial score (nSPS) is 18.5. The first-order chi connectivity index (χ1) is 10.6. The number of benzene rings is 1. The van der Waals surface area contributed by atoms with E-state index in [1.54, 1.807) is 30.0 Å². The van der Waals surface area contributed by atoms with Gasteiger partial charge >= 0.3 is 0 Å². The molecule has 22 heavy (non-hydrogen) atoms. The molecule has 0 spiro atoms. The third kappa shape index (κ3) is 2.62. The van der Waals surface area contributed by atoms with Crippen LogP contribution in [0.15, 0.2) is 30.5 Å². The van der Waals surface area contributed by atoms with E-state index in [4.69, 9.17) is 4.74 Å². The van der Waals surface area contributed by atoms with Crippen molar-refractivity contribution in [1.82, 2.24) is 14.7 Å². The van der Waals surface area contributed by atoms with Gasteiger partial charge in [-0.15, -0.1) is 0 Å². The summed E-state index contributed by atoms with van der Waals surface area (Å²) < 4.78 is 20.8.